The highest BCUT2D eigenvalue weighted by Crippen LogP contribution is 2.25. The number of rotatable bonds is 7. The summed E-state index contributed by atoms with van der Waals surface area (Å²) in [7, 11) is 1.62. The molecule has 0 spiro atoms. The minimum atomic E-state index is -0.397. The predicted molar refractivity (Wildman–Crippen MR) is 80.8 cm³/mol. The zero-order chi connectivity index (χ0) is 15.0. The number of amides is 1. The van der Waals surface area contributed by atoms with Gasteiger partial charge < -0.3 is 10.1 Å². The molecule has 4 nitrogen and oxygen atoms in total. The molecule has 0 aliphatic rings. The second-order valence-electron chi connectivity index (χ2n) is 4.41. The first-order chi connectivity index (χ1) is 9.60. The Morgan fingerprint density at radius 1 is 1.45 bits per heavy atom. The monoisotopic (exact) mass is 292 g/mol. The van der Waals surface area contributed by atoms with E-state index in [0.29, 0.717) is 6.42 Å². The van der Waals surface area contributed by atoms with E-state index in [9.17, 15) is 4.79 Å². The molecule has 1 aromatic carbocycles. The van der Waals surface area contributed by atoms with E-state index in [0.717, 1.165) is 17.1 Å². The Morgan fingerprint density at radius 3 is 2.60 bits per heavy atom. The molecule has 1 rings (SSSR count). The third-order valence-electron chi connectivity index (χ3n) is 2.79. The molecule has 1 amide bonds. The second-order valence-corrected chi connectivity index (χ2v) is 5.83. The average molecular weight is 292 g/mol. The lowest BCUT2D eigenvalue weighted by molar-refractivity contribution is -0.120. The van der Waals surface area contributed by atoms with E-state index >= 15 is 0 Å². The Kier molecular flexibility index (Phi) is 6.96. The maximum absolute atomic E-state index is 12.0. The van der Waals surface area contributed by atoms with Gasteiger partial charge in [0.2, 0.25) is 5.91 Å². The van der Waals surface area contributed by atoms with E-state index in [4.69, 9.17) is 10.00 Å². The van der Waals surface area contributed by atoms with Gasteiger partial charge in [0.25, 0.3) is 0 Å². The fourth-order valence-corrected chi connectivity index (χ4v) is 2.54. The van der Waals surface area contributed by atoms with Crippen LogP contribution in [-0.4, -0.2) is 24.3 Å². The maximum Gasteiger partial charge on any atom is 0.234 e. The van der Waals surface area contributed by atoms with Crippen LogP contribution in [0.4, 0.5) is 0 Å². The molecule has 0 saturated carbocycles. The lowest BCUT2D eigenvalue weighted by Gasteiger charge is -2.15. The van der Waals surface area contributed by atoms with E-state index in [-0.39, 0.29) is 11.2 Å². The zero-order valence-electron chi connectivity index (χ0n) is 12.1. The molecule has 0 unspecified atom stereocenters. The van der Waals surface area contributed by atoms with Crippen molar-refractivity contribution in [3.8, 4) is 11.8 Å². The summed E-state index contributed by atoms with van der Waals surface area (Å²) >= 11 is 1.46. The van der Waals surface area contributed by atoms with Crippen molar-refractivity contribution >= 4 is 17.7 Å². The number of nitriles is 1. The van der Waals surface area contributed by atoms with Gasteiger partial charge >= 0.3 is 0 Å². The lowest BCUT2D eigenvalue weighted by atomic mass is 10.2. The van der Waals surface area contributed by atoms with Gasteiger partial charge in [-0.05, 0) is 37.6 Å². The number of ether oxygens (including phenoxy) is 1. The summed E-state index contributed by atoms with van der Waals surface area (Å²) < 4.78 is 5.09. The number of carbonyl (C=O) groups excluding carboxylic acids is 1. The number of thioether (sulfide) groups is 1. The number of hydrogen-bond donors (Lipinski definition) is 1. The molecule has 0 aliphatic heterocycles. The summed E-state index contributed by atoms with van der Waals surface area (Å²) in [5, 5.41) is 11.5. The summed E-state index contributed by atoms with van der Waals surface area (Å²) in [6.45, 7) is 3.83. The molecule has 5 heteroatoms. The molecule has 20 heavy (non-hydrogen) atoms. The first-order valence-electron chi connectivity index (χ1n) is 6.61. The van der Waals surface area contributed by atoms with E-state index < -0.39 is 6.04 Å². The van der Waals surface area contributed by atoms with Gasteiger partial charge in [0.1, 0.15) is 11.8 Å². The number of nitrogens with zero attached hydrogens (tertiary/aromatic N) is 1. The quantitative estimate of drug-likeness (QED) is 0.785. The van der Waals surface area contributed by atoms with Crippen LogP contribution in [0.15, 0.2) is 29.2 Å². The van der Waals surface area contributed by atoms with Crippen molar-refractivity contribution < 1.29 is 9.53 Å². The Morgan fingerprint density at radius 2 is 2.10 bits per heavy atom. The zero-order valence-corrected chi connectivity index (χ0v) is 12.9. The number of hydrogen-bond acceptors (Lipinski definition) is 4. The van der Waals surface area contributed by atoms with Crippen molar-refractivity contribution in [1.29, 1.82) is 5.26 Å². The Bertz CT molecular complexity index is 468. The second kappa shape index (κ2) is 8.49. The molecular formula is C15H20N2O2S. The van der Waals surface area contributed by atoms with E-state index in [2.05, 4.69) is 11.4 Å². The largest absolute Gasteiger partial charge is 0.497 e. The average Bonchev–Trinajstić information content (AvgIpc) is 2.47. The number of nitrogens with one attached hydrogen (secondary N) is 1. The molecule has 0 aromatic heterocycles. The molecule has 0 aliphatic carbocycles. The van der Waals surface area contributed by atoms with E-state index in [1.165, 1.54) is 11.8 Å². The first kappa shape index (κ1) is 16.4. The minimum absolute atomic E-state index is 0.106. The molecular weight excluding hydrogens is 272 g/mol. The van der Waals surface area contributed by atoms with Crippen LogP contribution in [0, 0.1) is 11.3 Å². The number of methoxy groups -OCH3 is 1. The van der Waals surface area contributed by atoms with Crippen molar-refractivity contribution in [2.45, 2.75) is 42.9 Å². The smallest absolute Gasteiger partial charge is 0.234 e. The van der Waals surface area contributed by atoms with E-state index in [1.54, 1.807) is 7.11 Å². The van der Waals surface area contributed by atoms with Crippen LogP contribution in [0.5, 0.6) is 5.75 Å². The number of carbonyl (C=O) groups is 1. The molecule has 0 fully saturated rings. The van der Waals surface area contributed by atoms with Crippen LogP contribution in [0.2, 0.25) is 0 Å². The molecule has 2 atom stereocenters. The molecule has 108 valence electrons. The van der Waals surface area contributed by atoms with Gasteiger partial charge in [-0.15, -0.1) is 11.8 Å². The van der Waals surface area contributed by atoms with Crippen LogP contribution < -0.4 is 10.1 Å². The van der Waals surface area contributed by atoms with Crippen molar-refractivity contribution in [3.05, 3.63) is 24.3 Å². The Balaban J connectivity index is 2.54. The molecule has 0 saturated heterocycles. The van der Waals surface area contributed by atoms with Gasteiger partial charge in [0.15, 0.2) is 0 Å². The van der Waals surface area contributed by atoms with Crippen molar-refractivity contribution in [2.24, 2.45) is 0 Å². The summed E-state index contributed by atoms with van der Waals surface area (Å²) in [5.41, 5.74) is 0. The predicted octanol–water partition coefficient (Wildman–Crippen LogP) is 2.98. The normalized spacial score (nSPS) is 13.1. The van der Waals surface area contributed by atoms with Crippen molar-refractivity contribution in [1.82, 2.24) is 5.32 Å². The highest BCUT2D eigenvalue weighted by Gasteiger charge is 2.17. The number of benzene rings is 1. The molecule has 0 heterocycles. The standard InChI is InChI=1S/C15H20N2O2S/c1-4-5-12(10-16)17-15(18)11(2)20-14-8-6-13(19-3)7-9-14/h6-9,11-12H,4-5H2,1-3H3,(H,17,18)/t11-,12+/m1/s1. The van der Waals surface area contributed by atoms with Gasteiger partial charge in [-0.25, -0.2) is 0 Å². The van der Waals surface area contributed by atoms with Gasteiger partial charge in [0.05, 0.1) is 18.4 Å². The van der Waals surface area contributed by atoms with Gasteiger partial charge in [0, 0.05) is 4.90 Å². The maximum atomic E-state index is 12.0. The molecule has 1 N–H and O–H groups in total. The van der Waals surface area contributed by atoms with Crippen LogP contribution in [0.1, 0.15) is 26.7 Å². The topological polar surface area (TPSA) is 62.1 Å². The summed E-state index contributed by atoms with van der Waals surface area (Å²) in [4.78, 5) is 13.0. The highest BCUT2D eigenvalue weighted by molar-refractivity contribution is 8.00. The fraction of sp³-hybridized carbons (Fsp3) is 0.467. The molecule has 1 aromatic rings. The van der Waals surface area contributed by atoms with Gasteiger partial charge in [-0.3, -0.25) is 4.79 Å². The summed E-state index contributed by atoms with van der Waals surface area (Å²) in [5.74, 6) is 0.685. The van der Waals surface area contributed by atoms with Gasteiger partial charge in [-0.1, -0.05) is 13.3 Å². The van der Waals surface area contributed by atoms with Crippen LogP contribution >= 0.6 is 11.8 Å². The van der Waals surface area contributed by atoms with Gasteiger partial charge in [-0.2, -0.15) is 5.26 Å². The third-order valence-corrected chi connectivity index (χ3v) is 3.90. The Hall–Kier alpha value is -1.67. The van der Waals surface area contributed by atoms with Crippen LogP contribution in [0.3, 0.4) is 0 Å². The SMILES string of the molecule is CCC[C@@H](C#N)NC(=O)[C@@H](C)Sc1ccc(OC)cc1. The van der Waals surface area contributed by atoms with Crippen molar-refractivity contribution in [3.63, 3.8) is 0 Å². The lowest BCUT2D eigenvalue weighted by Crippen LogP contribution is -2.38. The Labute approximate surface area is 124 Å². The molecule has 0 bridgehead atoms. The summed E-state index contributed by atoms with van der Waals surface area (Å²) in [6, 6.07) is 9.28. The van der Waals surface area contributed by atoms with E-state index in [1.807, 2.05) is 38.1 Å². The molecule has 0 radical (unpaired) electrons. The summed E-state index contributed by atoms with van der Waals surface area (Å²) in [6.07, 6.45) is 1.56. The van der Waals surface area contributed by atoms with Crippen LogP contribution in [0.25, 0.3) is 0 Å². The van der Waals surface area contributed by atoms with Crippen LogP contribution in [-0.2, 0) is 4.79 Å². The first-order valence-corrected chi connectivity index (χ1v) is 7.49. The van der Waals surface area contributed by atoms with Crippen molar-refractivity contribution in [2.75, 3.05) is 7.11 Å². The highest BCUT2D eigenvalue weighted by atomic mass is 32.2. The fourth-order valence-electron chi connectivity index (χ4n) is 1.66. The minimum Gasteiger partial charge on any atom is -0.497 e. The third kappa shape index (κ3) is 5.14.